The second-order valence-electron chi connectivity index (χ2n) is 3.77. The van der Waals surface area contributed by atoms with E-state index in [0.717, 1.165) is 6.42 Å². The molecular formula is C11H12Cl2N2O4. The van der Waals surface area contributed by atoms with Crippen LogP contribution in [0.1, 0.15) is 35.8 Å². The maximum atomic E-state index is 11.8. The first-order valence-corrected chi connectivity index (χ1v) is 6.32. The molecule has 0 fully saturated rings. The number of nitro groups is 1. The summed E-state index contributed by atoms with van der Waals surface area (Å²) in [5.74, 6) is -0.806. The Morgan fingerprint density at radius 1 is 1.47 bits per heavy atom. The van der Waals surface area contributed by atoms with Crippen LogP contribution in [0.2, 0.25) is 10.2 Å². The molecule has 0 radical (unpaired) electrons. The van der Waals surface area contributed by atoms with Crippen molar-refractivity contribution < 1.29 is 14.5 Å². The van der Waals surface area contributed by atoms with Crippen LogP contribution in [-0.4, -0.2) is 22.5 Å². The Morgan fingerprint density at radius 3 is 2.63 bits per heavy atom. The number of pyridine rings is 1. The summed E-state index contributed by atoms with van der Waals surface area (Å²) in [7, 11) is 0. The highest BCUT2D eigenvalue weighted by atomic mass is 35.5. The summed E-state index contributed by atoms with van der Waals surface area (Å²) in [5, 5.41) is 10.3. The number of carbonyl (C=O) groups excluding carboxylic acids is 1. The van der Waals surface area contributed by atoms with Crippen LogP contribution in [0.3, 0.4) is 0 Å². The summed E-state index contributed by atoms with van der Waals surface area (Å²) in [6.45, 7) is 3.53. The number of unbranched alkanes of at least 4 members (excludes halogenated alkanes) is 1. The smallest absolute Gasteiger partial charge is 0.343 e. The first-order valence-electron chi connectivity index (χ1n) is 5.57. The van der Waals surface area contributed by atoms with E-state index in [1.807, 2.05) is 6.92 Å². The van der Waals surface area contributed by atoms with E-state index in [1.54, 1.807) is 0 Å². The molecular weight excluding hydrogens is 295 g/mol. The molecule has 0 spiro atoms. The number of ether oxygens (including phenoxy) is 1. The summed E-state index contributed by atoms with van der Waals surface area (Å²) < 4.78 is 4.93. The van der Waals surface area contributed by atoms with Gasteiger partial charge in [0, 0.05) is 0 Å². The van der Waals surface area contributed by atoms with E-state index in [1.165, 1.54) is 6.92 Å². The minimum absolute atomic E-state index is 0.0464. The first kappa shape index (κ1) is 15.7. The Hall–Kier alpha value is -1.40. The fraction of sp³-hybridized carbons (Fsp3) is 0.455. The summed E-state index contributed by atoms with van der Waals surface area (Å²) in [6.07, 6.45) is 1.53. The molecule has 0 unspecified atom stereocenters. The van der Waals surface area contributed by atoms with Gasteiger partial charge in [0.05, 0.1) is 11.5 Å². The zero-order valence-corrected chi connectivity index (χ0v) is 11.9. The van der Waals surface area contributed by atoms with Crippen LogP contribution in [0.4, 0.5) is 5.69 Å². The first-order chi connectivity index (χ1) is 8.90. The van der Waals surface area contributed by atoms with E-state index >= 15 is 0 Å². The molecule has 1 aromatic rings. The van der Waals surface area contributed by atoms with Gasteiger partial charge in [0.15, 0.2) is 0 Å². The fourth-order valence-corrected chi connectivity index (χ4v) is 2.11. The molecule has 0 aliphatic heterocycles. The lowest BCUT2D eigenvalue weighted by Crippen LogP contribution is -2.11. The molecule has 1 rings (SSSR count). The molecule has 0 N–H and O–H groups in total. The maximum Gasteiger partial charge on any atom is 0.343 e. The van der Waals surface area contributed by atoms with Gasteiger partial charge in [-0.2, -0.15) is 0 Å². The van der Waals surface area contributed by atoms with Crippen LogP contribution < -0.4 is 0 Å². The molecule has 1 heterocycles. The number of esters is 1. The van der Waals surface area contributed by atoms with Crippen LogP contribution in [-0.2, 0) is 4.74 Å². The standard InChI is InChI=1S/C11H12Cl2N2O4/c1-3-4-5-19-11(16)7-8(12)9(15(17)18)6(2)14-10(7)13/h3-5H2,1-2H3. The molecule has 0 aliphatic rings. The predicted molar refractivity (Wildman–Crippen MR) is 70.8 cm³/mol. The normalized spacial score (nSPS) is 10.3. The van der Waals surface area contributed by atoms with Crippen LogP contribution in [0.25, 0.3) is 0 Å². The van der Waals surface area contributed by atoms with Crippen LogP contribution in [0.15, 0.2) is 0 Å². The number of halogens is 2. The highest BCUT2D eigenvalue weighted by Crippen LogP contribution is 2.34. The van der Waals surface area contributed by atoms with Crippen molar-refractivity contribution in [3.63, 3.8) is 0 Å². The Bertz CT molecular complexity index is 520. The lowest BCUT2D eigenvalue weighted by Gasteiger charge is -2.08. The molecule has 0 aromatic carbocycles. The predicted octanol–water partition coefficient (Wildman–Crippen LogP) is 3.56. The third-order valence-corrected chi connectivity index (χ3v) is 3.00. The molecule has 0 bridgehead atoms. The van der Waals surface area contributed by atoms with Crippen molar-refractivity contribution in [2.75, 3.05) is 6.61 Å². The highest BCUT2D eigenvalue weighted by molar-refractivity contribution is 6.40. The minimum Gasteiger partial charge on any atom is -0.462 e. The fourth-order valence-electron chi connectivity index (χ4n) is 1.39. The van der Waals surface area contributed by atoms with Gasteiger partial charge in [-0.05, 0) is 13.3 Å². The second kappa shape index (κ2) is 6.68. The maximum absolute atomic E-state index is 11.8. The van der Waals surface area contributed by atoms with Crippen molar-refractivity contribution in [2.24, 2.45) is 0 Å². The number of hydrogen-bond acceptors (Lipinski definition) is 5. The lowest BCUT2D eigenvalue weighted by molar-refractivity contribution is -0.385. The number of aromatic nitrogens is 1. The van der Waals surface area contributed by atoms with E-state index in [2.05, 4.69) is 4.98 Å². The van der Waals surface area contributed by atoms with Crippen molar-refractivity contribution in [1.82, 2.24) is 4.98 Å². The van der Waals surface area contributed by atoms with Gasteiger partial charge in [0.1, 0.15) is 21.4 Å². The van der Waals surface area contributed by atoms with E-state index in [-0.39, 0.29) is 28.0 Å². The van der Waals surface area contributed by atoms with Gasteiger partial charge in [0.2, 0.25) is 0 Å². The molecule has 104 valence electrons. The molecule has 0 atom stereocenters. The summed E-state index contributed by atoms with van der Waals surface area (Å²) >= 11 is 11.7. The second-order valence-corrected chi connectivity index (χ2v) is 4.51. The van der Waals surface area contributed by atoms with Crippen LogP contribution >= 0.6 is 23.2 Å². The van der Waals surface area contributed by atoms with Gasteiger partial charge in [-0.25, -0.2) is 9.78 Å². The summed E-state index contributed by atoms with van der Waals surface area (Å²) in [6, 6.07) is 0. The van der Waals surface area contributed by atoms with Crippen molar-refractivity contribution in [1.29, 1.82) is 0 Å². The molecule has 0 amide bonds. The quantitative estimate of drug-likeness (QED) is 0.273. The van der Waals surface area contributed by atoms with Crippen molar-refractivity contribution in [2.45, 2.75) is 26.7 Å². The topological polar surface area (TPSA) is 82.3 Å². The number of carbonyl (C=O) groups is 1. The van der Waals surface area contributed by atoms with Crippen molar-refractivity contribution >= 4 is 34.9 Å². The molecule has 0 aliphatic carbocycles. The molecule has 19 heavy (non-hydrogen) atoms. The molecule has 6 nitrogen and oxygen atoms in total. The van der Waals surface area contributed by atoms with E-state index in [4.69, 9.17) is 27.9 Å². The Labute approximate surface area is 119 Å². The average Bonchev–Trinajstić information content (AvgIpc) is 2.27. The van der Waals surface area contributed by atoms with Crippen molar-refractivity contribution in [3.8, 4) is 0 Å². The van der Waals surface area contributed by atoms with E-state index in [9.17, 15) is 14.9 Å². The third-order valence-electron chi connectivity index (χ3n) is 2.36. The van der Waals surface area contributed by atoms with Crippen LogP contribution in [0, 0.1) is 17.0 Å². The highest BCUT2D eigenvalue weighted by Gasteiger charge is 2.28. The van der Waals surface area contributed by atoms with Crippen LogP contribution in [0.5, 0.6) is 0 Å². The molecule has 0 saturated carbocycles. The minimum atomic E-state index is -0.806. The third kappa shape index (κ3) is 3.54. The summed E-state index contributed by atoms with van der Waals surface area (Å²) in [4.78, 5) is 25.7. The van der Waals surface area contributed by atoms with E-state index in [0.29, 0.717) is 6.42 Å². The Kier molecular flexibility index (Phi) is 5.50. The Balaban J connectivity index is 3.17. The average molecular weight is 307 g/mol. The van der Waals surface area contributed by atoms with Gasteiger partial charge >= 0.3 is 11.7 Å². The van der Waals surface area contributed by atoms with Gasteiger partial charge < -0.3 is 4.74 Å². The SMILES string of the molecule is CCCCOC(=O)c1c(Cl)nc(C)c([N+](=O)[O-])c1Cl. The molecule has 0 saturated heterocycles. The van der Waals surface area contributed by atoms with E-state index < -0.39 is 16.6 Å². The van der Waals surface area contributed by atoms with Gasteiger partial charge in [-0.15, -0.1) is 0 Å². The van der Waals surface area contributed by atoms with Gasteiger partial charge in [-0.3, -0.25) is 10.1 Å². The number of rotatable bonds is 5. The van der Waals surface area contributed by atoms with Gasteiger partial charge in [-0.1, -0.05) is 36.5 Å². The number of aryl methyl sites for hydroxylation is 1. The summed E-state index contributed by atoms with van der Waals surface area (Å²) in [5.41, 5.74) is -0.657. The number of hydrogen-bond donors (Lipinski definition) is 0. The van der Waals surface area contributed by atoms with Gasteiger partial charge in [0.25, 0.3) is 0 Å². The zero-order chi connectivity index (χ0) is 14.6. The Morgan fingerprint density at radius 2 is 2.11 bits per heavy atom. The van der Waals surface area contributed by atoms with Crippen molar-refractivity contribution in [3.05, 3.63) is 31.5 Å². The zero-order valence-electron chi connectivity index (χ0n) is 10.4. The number of nitrogens with zero attached hydrogens (tertiary/aromatic N) is 2. The largest absolute Gasteiger partial charge is 0.462 e. The molecule has 8 heteroatoms. The molecule has 1 aromatic heterocycles. The monoisotopic (exact) mass is 306 g/mol. The lowest BCUT2D eigenvalue weighted by atomic mass is 10.2.